The summed E-state index contributed by atoms with van der Waals surface area (Å²) in [5, 5.41) is 15.6. The molecule has 0 saturated carbocycles. The first kappa shape index (κ1) is 6.58. The summed E-state index contributed by atoms with van der Waals surface area (Å²) in [6.45, 7) is 2.43. The summed E-state index contributed by atoms with van der Waals surface area (Å²) >= 11 is 0. The maximum absolute atomic E-state index is 8.91. The maximum atomic E-state index is 8.91. The van der Waals surface area contributed by atoms with Gasteiger partial charge >= 0.3 is 0 Å². The van der Waals surface area contributed by atoms with Crippen molar-refractivity contribution in [1.82, 2.24) is 10.6 Å². The number of nitrogens with one attached hydrogen (secondary N) is 2. The smallest absolute Gasteiger partial charge is 0.0603 e. The van der Waals surface area contributed by atoms with E-state index in [2.05, 4.69) is 10.6 Å². The van der Waals surface area contributed by atoms with Crippen LogP contribution in [0.4, 0.5) is 0 Å². The van der Waals surface area contributed by atoms with Gasteiger partial charge in [0, 0.05) is 18.1 Å². The van der Waals surface area contributed by atoms with Crippen LogP contribution in [0.15, 0.2) is 0 Å². The molecule has 3 heteroatoms. The van der Waals surface area contributed by atoms with E-state index in [1.54, 1.807) is 0 Å². The van der Waals surface area contributed by atoms with Gasteiger partial charge in [0.1, 0.15) is 0 Å². The average molecular weight is 142 g/mol. The van der Waals surface area contributed by atoms with Gasteiger partial charge in [-0.15, -0.1) is 0 Å². The summed E-state index contributed by atoms with van der Waals surface area (Å²) in [7, 11) is 0. The van der Waals surface area contributed by atoms with Crippen molar-refractivity contribution in [3.8, 4) is 0 Å². The van der Waals surface area contributed by atoms with Gasteiger partial charge in [0.2, 0.25) is 0 Å². The van der Waals surface area contributed by atoms with Crippen LogP contribution in [-0.4, -0.2) is 36.4 Å². The molecule has 3 nitrogen and oxygen atoms in total. The monoisotopic (exact) mass is 142 g/mol. The van der Waals surface area contributed by atoms with Gasteiger partial charge in [-0.25, -0.2) is 0 Å². The van der Waals surface area contributed by atoms with E-state index in [-0.39, 0.29) is 12.1 Å². The molecule has 2 rings (SSSR count). The summed E-state index contributed by atoms with van der Waals surface area (Å²) in [6, 6.07) is 0.315. The van der Waals surface area contributed by atoms with Crippen LogP contribution in [0.1, 0.15) is 12.8 Å². The molecule has 2 unspecified atom stereocenters. The van der Waals surface area contributed by atoms with Gasteiger partial charge in [0.15, 0.2) is 0 Å². The molecule has 0 aromatic rings. The zero-order chi connectivity index (χ0) is 7.03. The van der Waals surface area contributed by atoms with Crippen LogP contribution >= 0.6 is 0 Å². The van der Waals surface area contributed by atoms with E-state index in [9.17, 15) is 0 Å². The van der Waals surface area contributed by atoms with E-state index in [1.807, 2.05) is 0 Å². The number of aliphatic hydroxyl groups excluding tert-OH is 1. The molecule has 10 heavy (non-hydrogen) atoms. The normalized spacial score (nSPS) is 45.9. The van der Waals surface area contributed by atoms with Crippen LogP contribution in [-0.2, 0) is 0 Å². The second-order valence-corrected chi connectivity index (χ2v) is 3.30. The second-order valence-electron chi connectivity index (χ2n) is 3.30. The summed E-state index contributed by atoms with van der Waals surface area (Å²) in [4.78, 5) is 0. The molecule has 0 aromatic heterocycles. The fourth-order valence-electron chi connectivity index (χ4n) is 2.01. The molecule has 3 N–H and O–H groups in total. The molecule has 0 amide bonds. The Balaban J connectivity index is 2.01. The first-order valence-electron chi connectivity index (χ1n) is 3.97. The Hall–Kier alpha value is -0.120. The zero-order valence-corrected chi connectivity index (χ0v) is 6.06. The van der Waals surface area contributed by atoms with E-state index in [1.165, 1.54) is 12.8 Å². The molecule has 0 aromatic carbocycles. The molecule has 58 valence electrons. The Morgan fingerprint density at radius 1 is 1.60 bits per heavy atom. The SMILES string of the molecule is OCC1NCC12CCCN2. The first-order chi connectivity index (χ1) is 4.87. The van der Waals surface area contributed by atoms with Crippen molar-refractivity contribution in [3.05, 3.63) is 0 Å². The van der Waals surface area contributed by atoms with Crippen LogP contribution in [0.25, 0.3) is 0 Å². The van der Waals surface area contributed by atoms with E-state index in [0.717, 1.165) is 13.1 Å². The molecule has 2 saturated heterocycles. The van der Waals surface area contributed by atoms with Crippen molar-refractivity contribution in [2.75, 3.05) is 19.7 Å². The van der Waals surface area contributed by atoms with Crippen LogP contribution in [0.2, 0.25) is 0 Å². The van der Waals surface area contributed by atoms with Gasteiger partial charge in [-0.05, 0) is 19.4 Å². The first-order valence-corrected chi connectivity index (χ1v) is 3.97. The highest BCUT2D eigenvalue weighted by molar-refractivity contribution is 5.11. The lowest BCUT2D eigenvalue weighted by Crippen LogP contribution is -2.73. The average Bonchev–Trinajstić information content (AvgIpc) is 2.35. The number of aliphatic hydroxyl groups is 1. The minimum Gasteiger partial charge on any atom is -0.395 e. The largest absolute Gasteiger partial charge is 0.395 e. The van der Waals surface area contributed by atoms with Gasteiger partial charge in [-0.3, -0.25) is 0 Å². The second kappa shape index (κ2) is 2.19. The third-order valence-electron chi connectivity index (χ3n) is 2.79. The van der Waals surface area contributed by atoms with Crippen LogP contribution < -0.4 is 10.6 Å². The van der Waals surface area contributed by atoms with E-state index in [0.29, 0.717) is 6.04 Å². The number of rotatable bonds is 1. The highest BCUT2D eigenvalue weighted by Gasteiger charge is 2.47. The molecule has 2 atom stereocenters. The van der Waals surface area contributed by atoms with E-state index >= 15 is 0 Å². The van der Waals surface area contributed by atoms with Crippen molar-refractivity contribution in [2.45, 2.75) is 24.4 Å². The Morgan fingerprint density at radius 3 is 2.90 bits per heavy atom. The summed E-state index contributed by atoms with van der Waals surface area (Å²) < 4.78 is 0. The minimum absolute atomic E-state index is 0.271. The third-order valence-corrected chi connectivity index (χ3v) is 2.79. The molecule has 2 fully saturated rings. The van der Waals surface area contributed by atoms with Crippen LogP contribution in [0.3, 0.4) is 0 Å². The van der Waals surface area contributed by atoms with Crippen LogP contribution in [0.5, 0.6) is 0 Å². The lowest BCUT2D eigenvalue weighted by molar-refractivity contribution is 0.0915. The summed E-state index contributed by atoms with van der Waals surface area (Å²) in [5.41, 5.74) is 0.273. The Bertz CT molecular complexity index is 130. The highest BCUT2D eigenvalue weighted by atomic mass is 16.3. The Kier molecular flexibility index (Phi) is 1.44. The number of hydrogen-bond donors (Lipinski definition) is 3. The minimum atomic E-state index is 0.271. The molecule has 0 aliphatic carbocycles. The Morgan fingerprint density at radius 2 is 2.50 bits per heavy atom. The van der Waals surface area contributed by atoms with Crippen molar-refractivity contribution in [3.63, 3.8) is 0 Å². The van der Waals surface area contributed by atoms with Gasteiger partial charge < -0.3 is 15.7 Å². The zero-order valence-electron chi connectivity index (χ0n) is 6.06. The summed E-state index contributed by atoms with van der Waals surface area (Å²) in [5.74, 6) is 0. The van der Waals surface area contributed by atoms with Crippen molar-refractivity contribution >= 4 is 0 Å². The third kappa shape index (κ3) is 0.713. The van der Waals surface area contributed by atoms with Crippen molar-refractivity contribution in [1.29, 1.82) is 0 Å². The van der Waals surface area contributed by atoms with E-state index in [4.69, 9.17) is 5.11 Å². The highest BCUT2D eigenvalue weighted by Crippen LogP contribution is 2.28. The molecule has 0 bridgehead atoms. The van der Waals surface area contributed by atoms with Crippen molar-refractivity contribution < 1.29 is 5.11 Å². The maximum Gasteiger partial charge on any atom is 0.0603 e. The molecular formula is C7H14N2O. The molecule has 2 aliphatic heterocycles. The van der Waals surface area contributed by atoms with Crippen molar-refractivity contribution in [2.24, 2.45) is 0 Å². The summed E-state index contributed by atoms with van der Waals surface area (Å²) in [6.07, 6.45) is 2.49. The predicted octanol–water partition coefficient (Wildman–Crippen LogP) is -0.927. The predicted molar refractivity (Wildman–Crippen MR) is 38.8 cm³/mol. The van der Waals surface area contributed by atoms with Crippen LogP contribution in [0, 0.1) is 0 Å². The van der Waals surface area contributed by atoms with E-state index < -0.39 is 0 Å². The Labute approximate surface area is 60.8 Å². The lowest BCUT2D eigenvalue weighted by Gasteiger charge is -2.47. The number of hydrogen-bond acceptors (Lipinski definition) is 3. The van der Waals surface area contributed by atoms with Gasteiger partial charge in [-0.1, -0.05) is 0 Å². The molecule has 0 radical (unpaired) electrons. The fraction of sp³-hybridized carbons (Fsp3) is 1.00. The topological polar surface area (TPSA) is 44.3 Å². The van der Waals surface area contributed by atoms with Gasteiger partial charge in [0.05, 0.1) is 6.61 Å². The molecule has 2 aliphatic rings. The molecule has 2 heterocycles. The van der Waals surface area contributed by atoms with Gasteiger partial charge in [0.25, 0.3) is 0 Å². The standard InChI is InChI=1S/C7H14N2O/c10-4-6-7(5-8-6)2-1-3-9-7/h6,8-10H,1-5H2. The lowest BCUT2D eigenvalue weighted by atomic mass is 9.81. The molecule has 1 spiro atoms. The fourth-order valence-corrected chi connectivity index (χ4v) is 2.01. The van der Waals surface area contributed by atoms with Gasteiger partial charge in [-0.2, -0.15) is 0 Å². The quantitative estimate of drug-likeness (QED) is 0.443. The molecular weight excluding hydrogens is 128 g/mol.